The van der Waals surface area contributed by atoms with Gasteiger partial charge >= 0.3 is 5.97 Å². The molecule has 1 amide bonds. The number of rotatable bonds is 4. The van der Waals surface area contributed by atoms with Crippen molar-refractivity contribution in [3.63, 3.8) is 0 Å². The molecule has 0 aliphatic carbocycles. The number of piperidine rings is 1. The predicted octanol–water partition coefficient (Wildman–Crippen LogP) is 2.12. The molecule has 1 aromatic carbocycles. The average Bonchev–Trinajstić information content (AvgIpc) is 3.24. The molecule has 4 atom stereocenters. The normalized spacial score (nSPS) is 31.4. The van der Waals surface area contributed by atoms with Crippen LogP contribution in [0, 0.1) is 17.8 Å². The Bertz CT molecular complexity index is 678. The van der Waals surface area contributed by atoms with Crippen LogP contribution in [0.2, 0.25) is 0 Å². The van der Waals surface area contributed by atoms with Gasteiger partial charge in [-0.15, -0.1) is 0 Å². The van der Waals surface area contributed by atoms with Gasteiger partial charge in [-0.3, -0.25) is 9.59 Å². The molecule has 25 heavy (non-hydrogen) atoms. The van der Waals surface area contributed by atoms with Gasteiger partial charge in [0.1, 0.15) is 5.92 Å². The zero-order valence-electron chi connectivity index (χ0n) is 14.1. The quantitative estimate of drug-likeness (QED) is 0.852. The van der Waals surface area contributed by atoms with Gasteiger partial charge in [0.25, 0.3) is 0 Å². The summed E-state index contributed by atoms with van der Waals surface area (Å²) in [6, 6.07) is 10.4. The van der Waals surface area contributed by atoms with E-state index in [2.05, 4.69) is 24.3 Å². The topological polar surface area (TPSA) is 66.8 Å². The van der Waals surface area contributed by atoms with Crippen molar-refractivity contribution in [3.05, 3.63) is 48.0 Å². The SMILES string of the molecule is O=C(O)[C@@H]1[C@H](C(=O)N2CCC(Cc3ccccc3)CC2)[C@@H]2C=C[C@@H]1O2. The van der Waals surface area contributed by atoms with Gasteiger partial charge in [-0.05, 0) is 30.7 Å². The fraction of sp³-hybridized carbons (Fsp3) is 0.500. The molecule has 2 fully saturated rings. The van der Waals surface area contributed by atoms with Gasteiger partial charge in [0.05, 0.1) is 18.1 Å². The van der Waals surface area contributed by atoms with Crippen LogP contribution in [0.25, 0.3) is 0 Å². The largest absolute Gasteiger partial charge is 0.481 e. The highest BCUT2D eigenvalue weighted by Crippen LogP contribution is 2.40. The van der Waals surface area contributed by atoms with Crippen molar-refractivity contribution in [1.82, 2.24) is 4.90 Å². The molecule has 5 nitrogen and oxygen atoms in total. The first-order valence-corrected chi connectivity index (χ1v) is 9.03. The first-order chi connectivity index (χ1) is 12.1. The minimum Gasteiger partial charge on any atom is -0.481 e. The maximum atomic E-state index is 12.9. The van der Waals surface area contributed by atoms with Crippen molar-refractivity contribution in [2.75, 3.05) is 13.1 Å². The fourth-order valence-electron chi connectivity index (χ4n) is 4.41. The Morgan fingerprint density at radius 3 is 2.32 bits per heavy atom. The van der Waals surface area contributed by atoms with Gasteiger partial charge in [0.15, 0.2) is 0 Å². The van der Waals surface area contributed by atoms with Crippen molar-refractivity contribution in [1.29, 1.82) is 0 Å². The highest BCUT2D eigenvalue weighted by Gasteiger charge is 2.54. The standard InChI is InChI=1S/C20H23NO4/c22-19(17-15-6-7-16(25-15)18(17)20(23)24)21-10-8-14(9-11-21)12-13-4-2-1-3-5-13/h1-7,14-18H,8-12H2,(H,23,24)/t15-,16-,17+,18-/m0/s1. The number of benzene rings is 1. The van der Waals surface area contributed by atoms with Gasteiger partial charge < -0.3 is 14.7 Å². The molecular weight excluding hydrogens is 318 g/mol. The molecule has 0 radical (unpaired) electrons. The van der Waals surface area contributed by atoms with E-state index in [0.717, 1.165) is 19.3 Å². The van der Waals surface area contributed by atoms with Crippen molar-refractivity contribution in [3.8, 4) is 0 Å². The third-order valence-electron chi connectivity index (χ3n) is 5.76. The van der Waals surface area contributed by atoms with Gasteiger partial charge in [0.2, 0.25) is 5.91 Å². The molecule has 2 bridgehead atoms. The summed E-state index contributed by atoms with van der Waals surface area (Å²) in [5.74, 6) is -1.72. The summed E-state index contributed by atoms with van der Waals surface area (Å²) in [7, 11) is 0. The van der Waals surface area contributed by atoms with E-state index in [-0.39, 0.29) is 12.0 Å². The molecule has 5 heteroatoms. The molecule has 1 aromatic rings. The number of hydrogen-bond acceptors (Lipinski definition) is 3. The van der Waals surface area contributed by atoms with Crippen LogP contribution < -0.4 is 0 Å². The number of hydrogen-bond donors (Lipinski definition) is 1. The maximum absolute atomic E-state index is 12.9. The van der Waals surface area contributed by atoms with Gasteiger partial charge in [-0.1, -0.05) is 42.5 Å². The third kappa shape index (κ3) is 3.09. The van der Waals surface area contributed by atoms with Crippen molar-refractivity contribution in [2.45, 2.75) is 31.5 Å². The molecule has 2 saturated heterocycles. The van der Waals surface area contributed by atoms with Crippen molar-refractivity contribution >= 4 is 11.9 Å². The van der Waals surface area contributed by atoms with E-state index >= 15 is 0 Å². The van der Waals surface area contributed by atoms with Crippen molar-refractivity contribution in [2.24, 2.45) is 17.8 Å². The zero-order chi connectivity index (χ0) is 17.4. The van der Waals surface area contributed by atoms with E-state index in [1.165, 1.54) is 5.56 Å². The summed E-state index contributed by atoms with van der Waals surface area (Å²) in [6.07, 6.45) is 5.77. The van der Waals surface area contributed by atoms with E-state index in [9.17, 15) is 14.7 Å². The Kier molecular flexibility index (Phi) is 4.34. The molecular formula is C20H23NO4. The van der Waals surface area contributed by atoms with Crippen LogP contribution in [0.5, 0.6) is 0 Å². The molecule has 0 unspecified atom stereocenters. The van der Waals surface area contributed by atoms with Gasteiger partial charge in [-0.2, -0.15) is 0 Å². The number of carbonyl (C=O) groups is 2. The van der Waals surface area contributed by atoms with Crippen LogP contribution in [0.4, 0.5) is 0 Å². The molecule has 4 rings (SSSR count). The van der Waals surface area contributed by atoms with Crippen LogP contribution in [0.1, 0.15) is 18.4 Å². The molecule has 3 aliphatic heterocycles. The number of likely N-dealkylation sites (tertiary alicyclic amines) is 1. The van der Waals surface area contributed by atoms with Crippen LogP contribution >= 0.6 is 0 Å². The fourth-order valence-corrected chi connectivity index (χ4v) is 4.41. The van der Waals surface area contributed by atoms with E-state index in [0.29, 0.717) is 19.0 Å². The lowest BCUT2D eigenvalue weighted by Gasteiger charge is -2.35. The smallest absolute Gasteiger partial charge is 0.310 e. The molecule has 132 valence electrons. The first kappa shape index (κ1) is 16.3. The summed E-state index contributed by atoms with van der Waals surface area (Å²) >= 11 is 0. The van der Waals surface area contributed by atoms with Crippen molar-refractivity contribution < 1.29 is 19.4 Å². The number of ether oxygens (including phenoxy) is 1. The second-order valence-electron chi connectivity index (χ2n) is 7.30. The lowest BCUT2D eigenvalue weighted by Crippen LogP contribution is -2.47. The minimum atomic E-state index is -0.936. The molecule has 3 heterocycles. The summed E-state index contributed by atoms with van der Waals surface area (Å²) < 4.78 is 5.63. The number of amides is 1. The van der Waals surface area contributed by atoms with Crippen LogP contribution in [0.15, 0.2) is 42.5 Å². The Labute approximate surface area is 147 Å². The highest BCUT2D eigenvalue weighted by atomic mass is 16.5. The third-order valence-corrected chi connectivity index (χ3v) is 5.76. The maximum Gasteiger partial charge on any atom is 0.310 e. The van der Waals surface area contributed by atoms with Crippen LogP contribution in [-0.2, 0) is 20.7 Å². The van der Waals surface area contributed by atoms with Crippen LogP contribution in [-0.4, -0.2) is 47.2 Å². The Morgan fingerprint density at radius 2 is 1.68 bits per heavy atom. The van der Waals surface area contributed by atoms with Crippen LogP contribution in [0.3, 0.4) is 0 Å². The first-order valence-electron chi connectivity index (χ1n) is 9.03. The number of fused-ring (bicyclic) bond motifs is 2. The van der Waals surface area contributed by atoms with E-state index in [4.69, 9.17) is 4.74 Å². The minimum absolute atomic E-state index is 0.0533. The van der Waals surface area contributed by atoms with E-state index < -0.39 is 23.9 Å². The number of carboxylic acid groups (broad SMARTS) is 1. The average molecular weight is 341 g/mol. The molecule has 0 saturated carbocycles. The number of carboxylic acids is 1. The molecule has 0 spiro atoms. The lowest BCUT2D eigenvalue weighted by molar-refractivity contribution is -0.150. The lowest BCUT2D eigenvalue weighted by atomic mass is 9.81. The second-order valence-corrected chi connectivity index (χ2v) is 7.30. The van der Waals surface area contributed by atoms with Gasteiger partial charge in [0, 0.05) is 13.1 Å². The van der Waals surface area contributed by atoms with E-state index in [1.807, 2.05) is 17.0 Å². The number of nitrogens with zero attached hydrogens (tertiary/aromatic N) is 1. The summed E-state index contributed by atoms with van der Waals surface area (Å²) in [5.41, 5.74) is 1.34. The second kappa shape index (κ2) is 6.64. The zero-order valence-corrected chi connectivity index (χ0v) is 14.1. The molecule has 0 aromatic heterocycles. The Morgan fingerprint density at radius 1 is 1.04 bits per heavy atom. The summed E-state index contributed by atoms with van der Waals surface area (Å²) in [6.45, 7) is 1.42. The van der Waals surface area contributed by atoms with E-state index in [1.54, 1.807) is 6.08 Å². The highest BCUT2D eigenvalue weighted by molar-refractivity contribution is 5.87. The number of aliphatic carboxylic acids is 1. The summed E-state index contributed by atoms with van der Waals surface area (Å²) in [4.78, 5) is 26.3. The monoisotopic (exact) mass is 341 g/mol. The number of carbonyl (C=O) groups excluding carboxylic acids is 1. The summed E-state index contributed by atoms with van der Waals surface area (Å²) in [5, 5.41) is 9.47. The molecule has 3 aliphatic rings. The Balaban J connectivity index is 1.37. The predicted molar refractivity (Wildman–Crippen MR) is 91.9 cm³/mol. The Hall–Kier alpha value is -2.14. The molecule has 1 N–H and O–H groups in total. The van der Waals surface area contributed by atoms with Gasteiger partial charge in [-0.25, -0.2) is 0 Å².